The smallest absolute Gasteiger partial charge is 0.337 e. The van der Waals surface area contributed by atoms with E-state index in [0.717, 1.165) is 12.1 Å². The van der Waals surface area contributed by atoms with Gasteiger partial charge in [-0.15, -0.1) is 0 Å². The first kappa shape index (κ1) is 17.5. The summed E-state index contributed by atoms with van der Waals surface area (Å²) in [6.07, 6.45) is 3.62. The minimum absolute atomic E-state index is 0.249. The second-order valence-corrected chi connectivity index (χ2v) is 5.69. The molecule has 0 spiro atoms. The number of carbonyl (C=O) groups is 2. The third-order valence-electron chi connectivity index (χ3n) is 3.56. The molecule has 7 heteroatoms. The Morgan fingerprint density at radius 2 is 2.17 bits per heavy atom. The Morgan fingerprint density at radius 3 is 2.79 bits per heavy atom. The van der Waals surface area contributed by atoms with Gasteiger partial charge in [0.15, 0.2) is 0 Å². The van der Waals surface area contributed by atoms with Gasteiger partial charge >= 0.3 is 12.0 Å². The number of esters is 1. The Labute approximate surface area is 141 Å². The van der Waals surface area contributed by atoms with Crippen LogP contribution in [0.4, 0.5) is 10.5 Å². The molecule has 2 aromatic rings. The highest BCUT2D eigenvalue weighted by Gasteiger charge is 2.10. The molecule has 2 rings (SSSR count). The Bertz CT molecular complexity index is 698. The summed E-state index contributed by atoms with van der Waals surface area (Å²) in [6, 6.07) is 6.58. The molecule has 0 fully saturated rings. The molecular formula is C17H22N4O3. The molecule has 1 atom stereocenters. The van der Waals surface area contributed by atoms with E-state index in [1.807, 2.05) is 30.8 Å². The quantitative estimate of drug-likeness (QED) is 0.797. The lowest BCUT2D eigenvalue weighted by molar-refractivity contribution is 0.0600. The zero-order chi connectivity index (χ0) is 17.5. The number of hydrogen-bond acceptors (Lipinski definition) is 4. The second kappa shape index (κ2) is 8.14. The van der Waals surface area contributed by atoms with Crippen molar-refractivity contribution >= 4 is 17.7 Å². The number of carbonyl (C=O) groups excluding carboxylic acids is 2. The van der Waals surface area contributed by atoms with Crippen LogP contribution in [0.3, 0.4) is 0 Å². The second-order valence-electron chi connectivity index (χ2n) is 5.69. The lowest BCUT2D eigenvalue weighted by Gasteiger charge is -2.14. The third kappa shape index (κ3) is 4.84. The summed E-state index contributed by atoms with van der Waals surface area (Å²) in [6.45, 7) is 5.13. The van der Waals surface area contributed by atoms with Crippen LogP contribution in [0.5, 0.6) is 0 Å². The monoisotopic (exact) mass is 330 g/mol. The van der Waals surface area contributed by atoms with Crippen LogP contribution in [-0.4, -0.2) is 35.4 Å². The van der Waals surface area contributed by atoms with Crippen LogP contribution in [0.15, 0.2) is 36.7 Å². The minimum Gasteiger partial charge on any atom is -0.465 e. The molecule has 0 radical (unpaired) electrons. The first-order valence-electron chi connectivity index (χ1n) is 7.71. The van der Waals surface area contributed by atoms with Crippen molar-refractivity contribution in [1.82, 2.24) is 15.1 Å². The average Bonchev–Trinajstić information content (AvgIpc) is 3.07. The maximum atomic E-state index is 12.0. The fraction of sp³-hybridized carbons (Fsp3) is 0.353. The number of nitrogens with zero attached hydrogens (tertiary/aromatic N) is 2. The van der Waals surface area contributed by atoms with Crippen molar-refractivity contribution in [2.24, 2.45) is 5.92 Å². The molecular weight excluding hydrogens is 308 g/mol. The van der Waals surface area contributed by atoms with E-state index in [2.05, 4.69) is 20.5 Å². The standard InChI is InChI=1S/C17H22N4O3/c1-12(11-21-8-4-7-19-21)10-18-17(23)20-15-6-5-14(9-13(15)2)16(22)24-3/h4-9,12H,10-11H2,1-3H3,(H2,18,20,23). The fourth-order valence-electron chi connectivity index (χ4n) is 2.27. The van der Waals surface area contributed by atoms with E-state index in [1.165, 1.54) is 7.11 Å². The van der Waals surface area contributed by atoms with Gasteiger partial charge in [0, 0.05) is 31.2 Å². The van der Waals surface area contributed by atoms with Crippen LogP contribution in [0.1, 0.15) is 22.8 Å². The average molecular weight is 330 g/mol. The molecule has 2 N–H and O–H groups in total. The fourth-order valence-corrected chi connectivity index (χ4v) is 2.27. The number of amides is 2. The lowest BCUT2D eigenvalue weighted by atomic mass is 10.1. The Balaban J connectivity index is 1.84. The summed E-state index contributed by atoms with van der Waals surface area (Å²) in [4.78, 5) is 23.5. The van der Waals surface area contributed by atoms with Gasteiger partial charge in [0.25, 0.3) is 0 Å². The summed E-state index contributed by atoms with van der Waals surface area (Å²) in [5, 5.41) is 9.76. The predicted molar refractivity (Wildman–Crippen MR) is 90.9 cm³/mol. The van der Waals surface area contributed by atoms with Gasteiger partial charge in [0.2, 0.25) is 0 Å². The Hall–Kier alpha value is -2.83. The van der Waals surface area contributed by atoms with E-state index in [4.69, 9.17) is 0 Å². The number of hydrogen-bond donors (Lipinski definition) is 2. The highest BCUT2D eigenvalue weighted by molar-refractivity contribution is 5.93. The van der Waals surface area contributed by atoms with Crippen molar-refractivity contribution in [3.63, 3.8) is 0 Å². The summed E-state index contributed by atoms with van der Waals surface area (Å²) >= 11 is 0. The number of aryl methyl sites for hydroxylation is 1. The molecule has 2 amide bonds. The normalized spacial score (nSPS) is 11.6. The molecule has 1 aromatic carbocycles. The van der Waals surface area contributed by atoms with Crippen molar-refractivity contribution in [2.75, 3.05) is 19.0 Å². The number of nitrogens with one attached hydrogen (secondary N) is 2. The Kier molecular flexibility index (Phi) is 5.95. The maximum absolute atomic E-state index is 12.0. The number of methoxy groups -OCH3 is 1. The minimum atomic E-state index is -0.401. The molecule has 0 bridgehead atoms. The molecule has 24 heavy (non-hydrogen) atoms. The summed E-state index contributed by atoms with van der Waals surface area (Å²) < 4.78 is 6.51. The van der Waals surface area contributed by atoms with E-state index in [9.17, 15) is 9.59 Å². The number of urea groups is 1. The molecule has 0 saturated heterocycles. The summed E-state index contributed by atoms with van der Waals surface area (Å²) in [5.74, 6) is -0.153. The van der Waals surface area contributed by atoms with E-state index < -0.39 is 5.97 Å². The number of aromatic nitrogens is 2. The zero-order valence-electron chi connectivity index (χ0n) is 14.1. The SMILES string of the molecule is COC(=O)c1ccc(NC(=O)NCC(C)Cn2cccn2)c(C)c1. The third-order valence-corrected chi connectivity index (χ3v) is 3.56. The first-order valence-corrected chi connectivity index (χ1v) is 7.71. The van der Waals surface area contributed by atoms with Crippen LogP contribution in [0, 0.1) is 12.8 Å². The number of anilines is 1. The molecule has 0 aliphatic rings. The van der Waals surface area contributed by atoms with E-state index >= 15 is 0 Å². The van der Waals surface area contributed by atoms with Gasteiger partial charge < -0.3 is 15.4 Å². The van der Waals surface area contributed by atoms with Crippen LogP contribution < -0.4 is 10.6 Å². The highest BCUT2D eigenvalue weighted by atomic mass is 16.5. The van der Waals surface area contributed by atoms with E-state index in [-0.39, 0.29) is 11.9 Å². The van der Waals surface area contributed by atoms with Gasteiger partial charge in [0.1, 0.15) is 0 Å². The summed E-state index contributed by atoms with van der Waals surface area (Å²) in [5.41, 5.74) is 1.89. The highest BCUT2D eigenvalue weighted by Crippen LogP contribution is 2.17. The summed E-state index contributed by atoms with van der Waals surface area (Å²) in [7, 11) is 1.34. The molecule has 0 aliphatic carbocycles. The topological polar surface area (TPSA) is 85.2 Å². The van der Waals surface area contributed by atoms with Gasteiger partial charge in [-0.25, -0.2) is 9.59 Å². The van der Waals surface area contributed by atoms with E-state index in [0.29, 0.717) is 17.8 Å². The number of benzene rings is 1. The molecule has 0 aliphatic heterocycles. The van der Waals surface area contributed by atoms with Gasteiger partial charge in [-0.05, 0) is 42.7 Å². The lowest BCUT2D eigenvalue weighted by Crippen LogP contribution is -2.33. The van der Waals surface area contributed by atoms with Gasteiger partial charge in [-0.1, -0.05) is 6.92 Å². The van der Waals surface area contributed by atoms with Crippen LogP contribution in [0.25, 0.3) is 0 Å². The molecule has 0 saturated carbocycles. The maximum Gasteiger partial charge on any atom is 0.337 e. The first-order chi connectivity index (χ1) is 11.5. The molecule has 128 valence electrons. The molecule has 1 aromatic heterocycles. The molecule has 1 unspecified atom stereocenters. The van der Waals surface area contributed by atoms with Crippen molar-refractivity contribution < 1.29 is 14.3 Å². The zero-order valence-corrected chi connectivity index (χ0v) is 14.1. The number of rotatable bonds is 6. The predicted octanol–water partition coefficient (Wildman–Crippen LogP) is 2.44. The van der Waals surface area contributed by atoms with Gasteiger partial charge in [-0.2, -0.15) is 5.10 Å². The van der Waals surface area contributed by atoms with Crippen LogP contribution >= 0.6 is 0 Å². The van der Waals surface area contributed by atoms with Gasteiger partial charge in [0.05, 0.1) is 12.7 Å². The largest absolute Gasteiger partial charge is 0.465 e. The van der Waals surface area contributed by atoms with Crippen molar-refractivity contribution in [3.05, 3.63) is 47.8 Å². The van der Waals surface area contributed by atoms with Gasteiger partial charge in [-0.3, -0.25) is 4.68 Å². The van der Waals surface area contributed by atoms with Crippen LogP contribution in [0.2, 0.25) is 0 Å². The molecule has 1 heterocycles. The number of ether oxygens (including phenoxy) is 1. The van der Waals surface area contributed by atoms with Crippen molar-refractivity contribution in [2.45, 2.75) is 20.4 Å². The molecule has 7 nitrogen and oxygen atoms in total. The van der Waals surface area contributed by atoms with E-state index in [1.54, 1.807) is 24.4 Å². The Morgan fingerprint density at radius 1 is 1.38 bits per heavy atom. The van der Waals surface area contributed by atoms with Crippen molar-refractivity contribution in [3.8, 4) is 0 Å². The van der Waals surface area contributed by atoms with Crippen LogP contribution in [-0.2, 0) is 11.3 Å². The van der Waals surface area contributed by atoms with Crippen molar-refractivity contribution in [1.29, 1.82) is 0 Å².